The van der Waals surface area contributed by atoms with Crippen molar-refractivity contribution < 1.29 is 57.9 Å². The van der Waals surface area contributed by atoms with Gasteiger partial charge in [-0.05, 0) is 24.6 Å². The lowest BCUT2D eigenvalue weighted by atomic mass is 9.54. The van der Waals surface area contributed by atoms with E-state index in [2.05, 4.69) is 6.58 Å². The summed E-state index contributed by atoms with van der Waals surface area (Å²) in [5, 5.41) is 23.6. The lowest BCUT2D eigenvalue weighted by Gasteiger charge is -2.57. The molecule has 6 unspecified atom stereocenters. The first-order valence-electron chi connectivity index (χ1n) is 12.9. The van der Waals surface area contributed by atoms with Gasteiger partial charge in [0.25, 0.3) is 0 Å². The molecule has 41 heavy (non-hydrogen) atoms. The van der Waals surface area contributed by atoms with Crippen LogP contribution in [0.25, 0.3) is 0 Å². The molecule has 226 valence electrons. The summed E-state index contributed by atoms with van der Waals surface area (Å²) in [6, 6.07) is 0. The predicted octanol–water partition coefficient (Wildman–Crippen LogP) is 1.29. The van der Waals surface area contributed by atoms with Crippen LogP contribution >= 0.6 is 11.6 Å². The fourth-order valence-electron chi connectivity index (χ4n) is 5.97. The molecule has 0 radical (unpaired) electrons. The molecular weight excluding hydrogens is 564 g/mol. The van der Waals surface area contributed by atoms with Crippen LogP contribution in [0.3, 0.4) is 0 Å². The Balaban J connectivity index is 2.48. The van der Waals surface area contributed by atoms with Gasteiger partial charge in [0.05, 0.1) is 11.3 Å². The van der Waals surface area contributed by atoms with Crippen LogP contribution in [0.5, 0.6) is 0 Å². The molecule has 0 saturated carbocycles. The van der Waals surface area contributed by atoms with Gasteiger partial charge >= 0.3 is 29.8 Å². The number of rotatable bonds is 5. The number of aliphatic hydroxyl groups is 2. The first-order chi connectivity index (χ1) is 18.9. The van der Waals surface area contributed by atoms with Crippen LogP contribution in [0.2, 0.25) is 0 Å². The van der Waals surface area contributed by atoms with Gasteiger partial charge in [-0.25, -0.2) is 0 Å². The number of hydrogen-bond donors (Lipinski definition) is 2. The minimum absolute atomic E-state index is 0.172. The van der Waals surface area contributed by atoms with Crippen molar-refractivity contribution in [3.63, 3.8) is 0 Å². The molecule has 1 aliphatic heterocycles. The molecule has 0 aromatic heterocycles. The van der Waals surface area contributed by atoms with Crippen molar-refractivity contribution >= 4 is 41.4 Å². The zero-order valence-electron chi connectivity index (χ0n) is 23.6. The van der Waals surface area contributed by atoms with E-state index in [0.717, 1.165) is 27.7 Å². The Morgan fingerprint density at radius 1 is 0.976 bits per heavy atom. The van der Waals surface area contributed by atoms with Gasteiger partial charge in [0.1, 0.15) is 24.4 Å². The number of ether oxygens (including phenoxy) is 5. The van der Waals surface area contributed by atoms with Gasteiger partial charge < -0.3 is 33.9 Å². The molecule has 3 aliphatic rings. The molecule has 0 spiro atoms. The van der Waals surface area contributed by atoms with Gasteiger partial charge in [0.2, 0.25) is 0 Å². The van der Waals surface area contributed by atoms with E-state index in [1.165, 1.54) is 38.2 Å². The Bertz CT molecular complexity index is 1190. The summed E-state index contributed by atoms with van der Waals surface area (Å²) in [5.41, 5.74) is -6.27. The number of hydrogen-bond acceptors (Lipinski definition) is 12. The summed E-state index contributed by atoms with van der Waals surface area (Å²) in [7, 11) is 0. The molecule has 1 heterocycles. The highest BCUT2D eigenvalue weighted by Crippen LogP contribution is 2.55. The minimum atomic E-state index is -2.43. The topological polar surface area (TPSA) is 172 Å². The van der Waals surface area contributed by atoms with Crippen molar-refractivity contribution in [2.75, 3.05) is 6.61 Å². The highest BCUT2D eigenvalue weighted by atomic mass is 35.5. The van der Waals surface area contributed by atoms with E-state index >= 15 is 0 Å². The summed E-state index contributed by atoms with van der Waals surface area (Å²) >= 11 is 6.68. The molecule has 0 aromatic carbocycles. The first kappa shape index (κ1) is 32.3. The Hall–Kier alpha value is -3.22. The van der Waals surface area contributed by atoms with Crippen molar-refractivity contribution in [3.8, 4) is 0 Å². The number of carbonyl (C=O) groups is 5. The standard InChI is InChI=1S/C28H35ClO12/c1-13-8-9-19(38-16(4)31)26(7)11-10-20(39-17(5)32)27(35,12-37-15(3)30)22(26)24(40-18(6)33)28(36)14(2)25(34)41-23(28)21(13)29/h8-11,14,19-24,35-36H,1,12H2,2-7H3/b9-8-/t14?,19-,20?,21?,22?,23?,24+,26-,27-,28?/m1/s1. The normalized spacial score (nSPS) is 40.8. The average molecular weight is 599 g/mol. The Labute approximate surface area is 242 Å². The van der Waals surface area contributed by atoms with Crippen molar-refractivity contribution in [2.24, 2.45) is 17.3 Å². The van der Waals surface area contributed by atoms with Crippen LogP contribution in [-0.2, 0) is 47.7 Å². The van der Waals surface area contributed by atoms with Crippen molar-refractivity contribution in [1.82, 2.24) is 0 Å². The van der Waals surface area contributed by atoms with Crippen molar-refractivity contribution in [3.05, 3.63) is 36.5 Å². The largest absolute Gasteiger partial charge is 0.463 e. The number of alkyl halides is 1. The molecule has 1 fully saturated rings. The van der Waals surface area contributed by atoms with Crippen molar-refractivity contribution in [1.29, 1.82) is 0 Å². The van der Waals surface area contributed by atoms with Gasteiger partial charge in [-0.15, -0.1) is 11.6 Å². The Morgan fingerprint density at radius 3 is 2.07 bits per heavy atom. The molecule has 0 bridgehead atoms. The fourth-order valence-corrected chi connectivity index (χ4v) is 6.29. The van der Waals surface area contributed by atoms with Crippen LogP contribution in [0, 0.1) is 17.3 Å². The van der Waals surface area contributed by atoms with Crippen molar-refractivity contribution in [2.45, 2.75) is 82.5 Å². The monoisotopic (exact) mass is 598 g/mol. The van der Waals surface area contributed by atoms with Gasteiger partial charge in [0.15, 0.2) is 17.8 Å². The maximum atomic E-state index is 12.9. The number of carbonyl (C=O) groups excluding carboxylic acids is 5. The third-order valence-corrected chi connectivity index (χ3v) is 8.45. The lowest BCUT2D eigenvalue weighted by Crippen LogP contribution is -2.72. The van der Waals surface area contributed by atoms with Crippen LogP contribution in [0.4, 0.5) is 0 Å². The smallest absolute Gasteiger partial charge is 0.312 e. The molecule has 10 atom stereocenters. The minimum Gasteiger partial charge on any atom is -0.463 e. The Kier molecular flexibility index (Phi) is 9.12. The summed E-state index contributed by atoms with van der Waals surface area (Å²) in [5.74, 6) is -7.11. The van der Waals surface area contributed by atoms with E-state index in [0.29, 0.717) is 0 Å². The first-order valence-corrected chi connectivity index (χ1v) is 13.3. The molecule has 3 rings (SSSR count). The molecule has 2 aliphatic carbocycles. The second-order valence-corrected chi connectivity index (χ2v) is 11.3. The molecule has 12 nitrogen and oxygen atoms in total. The molecule has 0 aromatic rings. The second kappa shape index (κ2) is 11.6. The van der Waals surface area contributed by atoms with Gasteiger partial charge in [0, 0.05) is 39.0 Å². The summed E-state index contributed by atoms with van der Waals surface area (Å²) in [6.07, 6.45) is -0.489. The second-order valence-electron chi connectivity index (χ2n) is 10.9. The summed E-state index contributed by atoms with van der Waals surface area (Å²) in [6.45, 7) is 10.3. The van der Waals surface area contributed by atoms with E-state index in [1.54, 1.807) is 0 Å². The van der Waals surface area contributed by atoms with E-state index in [-0.39, 0.29) is 5.57 Å². The number of esters is 5. The van der Waals surface area contributed by atoms with Crippen LogP contribution < -0.4 is 0 Å². The highest BCUT2D eigenvalue weighted by molar-refractivity contribution is 6.23. The highest BCUT2D eigenvalue weighted by Gasteiger charge is 2.71. The molecule has 2 N–H and O–H groups in total. The van der Waals surface area contributed by atoms with Crippen LogP contribution in [0.15, 0.2) is 36.5 Å². The van der Waals surface area contributed by atoms with E-state index in [9.17, 15) is 34.2 Å². The SMILES string of the molecule is C=C1/C=C\[C@@H](OC(C)=O)[C@@]2(C)C=CC(OC(C)=O)[C@](O)(COC(C)=O)C2[C@H](OC(C)=O)C2(O)C(C)C(=O)OC2C1Cl. The quantitative estimate of drug-likeness (QED) is 0.201. The number of allylic oxidation sites excluding steroid dienone is 1. The summed E-state index contributed by atoms with van der Waals surface area (Å²) < 4.78 is 27.5. The van der Waals surface area contributed by atoms with Crippen LogP contribution in [0.1, 0.15) is 41.5 Å². The van der Waals surface area contributed by atoms with Crippen LogP contribution in [-0.4, -0.2) is 87.7 Å². The predicted molar refractivity (Wildman–Crippen MR) is 141 cm³/mol. The molecule has 1 saturated heterocycles. The Morgan fingerprint density at radius 2 is 1.54 bits per heavy atom. The number of halogens is 1. The third-order valence-electron chi connectivity index (χ3n) is 7.94. The van der Waals surface area contributed by atoms with E-state index in [4.69, 9.17) is 35.3 Å². The zero-order valence-corrected chi connectivity index (χ0v) is 24.4. The molecule has 0 amide bonds. The summed E-state index contributed by atoms with van der Waals surface area (Å²) in [4.78, 5) is 61.9. The van der Waals surface area contributed by atoms with Gasteiger partial charge in [-0.3, -0.25) is 24.0 Å². The van der Waals surface area contributed by atoms with E-state index < -0.39 is 94.7 Å². The molecule has 13 heteroatoms. The third kappa shape index (κ3) is 5.77. The average Bonchev–Trinajstić information content (AvgIpc) is 3.09. The fraction of sp³-hybridized carbons (Fsp3) is 0.607. The zero-order chi connectivity index (χ0) is 31.1. The van der Waals surface area contributed by atoms with Gasteiger partial charge in [-0.1, -0.05) is 25.7 Å². The maximum absolute atomic E-state index is 12.9. The lowest BCUT2D eigenvalue weighted by molar-refractivity contribution is -0.254. The van der Waals surface area contributed by atoms with E-state index in [1.807, 2.05) is 0 Å². The van der Waals surface area contributed by atoms with Gasteiger partial charge in [-0.2, -0.15) is 0 Å². The molecular formula is C28H35ClO12. The number of fused-ring (bicyclic) bond motifs is 2. The maximum Gasteiger partial charge on any atom is 0.312 e.